The molecule has 0 unspecified atom stereocenters. The minimum atomic E-state index is -0.553. The van der Waals surface area contributed by atoms with Crippen molar-refractivity contribution in [3.8, 4) is 0 Å². The highest BCUT2D eigenvalue weighted by atomic mass is 19.1. The molecule has 1 aliphatic heterocycles. The maximum Gasteiger partial charge on any atom is 0.319 e. The predicted octanol–water partition coefficient (Wildman–Crippen LogP) is 3.40. The molecule has 0 aromatic heterocycles. The van der Waals surface area contributed by atoms with Crippen LogP contribution in [0.25, 0.3) is 0 Å². The summed E-state index contributed by atoms with van der Waals surface area (Å²) in [5, 5.41) is 7.86. The summed E-state index contributed by atoms with van der Waals surface area (Å²) < 4.78 is 13.6. The average Bonchev–Trinajstić information content (AvgIpc) is 3.14. The van der Waals surface area contributed by atoms with Gasteiger partial charge in [0, 0.05) is 32.2 Å². The molecule has 3 amide bonds. The zero-order chi connectivity index (χ0) is 19.9. The second kappa shape index (κ2) is 9.32. The molecular weight excluding hydrogens is 359 g/mol. The van der Waals surface area contributed by atoms with Gasteiger partial charge in [-0.2, -0.15) is 0 Å². The van der Waals surface area contributed by atoms with Gasteiger partial charge in [-0.25, -0.2) is 9.18 Å². The van der Waals surface area contributed by atoms with Crippen LogP contribution >= 0.6 is 0 Å². The highest BCUT2D eigenvalue weighted by Crippen LogP contribution is 2.26. The smallest absolute Gasteiger partial charge is 0.319 e. The van der Waals surface area contributed by atoms with Gasteiger partial charge >= 0.3 is 6.03 Å². The minimum Gasteiger partial charge on any atom is -0.337 e. The van der Waals surface area contributed by atoms with Crippen LogP contribution in [0.15, 0.2) is 48.5 Å². The van der Waals surface area contributed by atoms with Crippen LogP contribution < -0.4 is 16.0 Å². The van der Waals surface area contributed by atoms with Crippen LogP contribution in [0.5, 0.6) is 0 Å². The Hall–Kier alpha value is -2.93. The number of halogens is 1. The molecule has 7 heteroatoms. The summed E-state index contributed by atoms with van der Waals surface area (Å²) >= 11 is 0. The fourth-order valence-corrected chi connectivity index (χ4v) is 3.42. The van der Waals surface area contributed by atoms with Gasteiger partial charge in [0.2, 0.25) is 5.91 Å². The molecule has 1 heterocycles. The number of nitrogens with one attached hydrogen (secondary N) is 3. The van der Waals surface area contributed by atoms with Crippen molar-refractivity contribution in [3.63, 3.8) is 0 Å². The van der Waals surface area contributed by atoms with Crippen molar-refractivity contribution in [1.29, 1.82) is 0 Å². The SMILES string of the molecule is CC(=O)Nc1cc(NC(=O)NCCN2CC[C@@H](c3ccccc3)C2)ccc1F. The number of carbonyl (C=O) groups is 2. The number of urea groups is 1. The Kier molecular flexibility index (Phi) is 6.60. The first-order chi connectivity index (χ1) is 13.5. The number of likely N-dealkylation sites (tertiary alicyclic amines) is 1. The number of hydrogen-bond donors (Lipinski definition) is 3. The van der Waals surface area contributed by atoms with Crippen molar-refractivity contribution in [3.05, 3.63) is 59.9 Å². The van der Waals surface area contributed by atoms with Crippen molar-refractivity contribution in [2.24, 2.45) is 0 Å². The van der Waals surface area contributed by atoms with Gasteiger partial charge in [-0.05, 0) is 42.6 Å². The summed E-state index contributed by atoms with van der Waals surface area (Å²) in [6, 6.07) is 14.2. The van der Waals surface area contributed by atoms with Crippen molar-refractivity contribution < 1.29 is 14.0 Å². The summed E-state index contributed by atoms with van der Waals surface area (Å²) in [5.41, 5.74) is 1.81. The van der Waals surface area contributed by atoms with Gasteiger partial charge in [0.05, 0.1) is 5.69 Å². The van der Waals surface area contributed by atoms with Crippen molar-refractivity contribution in [1.82, 2.24) is 10.2 Å². The number of rotatable bonds is 6. The second-order valence-electron chi connectivity index (χ2n) is 6.95. The summed E-state index contributed by atoms with van der Waals surface area (Å²) in [6.45, 7) is 4.60. The Morgan fingerprint density at radius 3 is 2.68 bits per heavy atom. The fourth-order valence-electron chi connectivity index (χ4n) is 3.42. The molecule has 1 fully saturated rings. The summed E-state index contributed by atoms with van der Waals surface area (Å²) in [7, 11) is 0. The molecule has 6 nitrogen and oxygen atoms in total. The molecule has 0 saturated carbocycles. The summed E-state index contributed by atoms with van der Waals surface area (Å²) in [6.07, 6.45) is 1.12. The molecule has 0 aliphatic carbocycles. The molecule has 0 bridgehead atoms. The highest BCUT2D eigenvalue weighted by Gasteiger charge is 2.23. The zero-order valence-corrected chi connectivity index (χ0v) is 15.9. The van der Waals surface area contributed by atoms with Crippen LogP contribution in [0.4, 0.5) is 20.6 Å². The lowest BCUT2D eigenvalue weighted by Crippen LogP contribution is -2.36. The third kappa shape index (κ3) is 5.53. The predicted molar refractivity (Wildman–Crippen MR) is 108 cm³/mol. The van der Waals surface area contributed by atoms with Gasteiger partial charge in [-0.1, -0.05) is 30.3 Å². The fraction of sp³-hybridized carbons (Fsp3) is 0.333. The topological polar surface area (TPSA) is 73.5 Å². The number of hydrogen-bond acceptors (Lipinski definition) is 3. The van der Waals surface area contributed by atoms with Gasteiger partial charge in [-0.15, -0.1) is 0 Å². The van der Waals surface area contributed by atoms with Gasteiger partial charge < -0.3 is 20.9 Å². The molecule has 3 N–H and O–H groups in total. The maximum atomic E-state index is 13.6. The quantitative estimate of drug-likeness (QED) is 0.715. The van der Waals surface area contributed by atoms with Crippen molar-refractivity contribution in [2.75, 3.05) is 36.8 Å². The zero-order valence-electron chi connectivity index (χ0n) is 15.9. The Bertz CT molecular complexity index is 828. The monoisotopic (exact) mass is 384 g/mol. The Labute approximate surface area is 164 Å². The van der Waals surface area contributed by atoms with Crippen molar-refractivity contribution >= 4 is 23.3 Å². The molecule has 28 heavy (non-hydrogen) atoms. The lowest BCUT2D eigenvalue weighted by atomic mass is 9.99. The van der Waals surface area contributed by atoms with Gasteiger partial charge in [0.25, 0.3) is 0 Å². The van der Waals surface area contributed by atoms with Gasteiger partial charge in [-0.3, -0.25) is 4.79 Å². The van der Waals surface area contributed by atoms with Crippen LogP contribution in [0.3, 0.4) is 0 Å². The van der Waals surface area contributed by atoms with E-state index in [1.807, 2.05) is 6.07 Å². The van der Waals surface area contributed by atoms with E-state index in [0.29, 0.717) is 18.2 Å². The summed E-state index contributed by atoms with van der Waals surface area (Å²) in [4.78, 5) is 25.5. The number of benzene rings is 2. The standard InChI is InChI=1S/C21H25FN4O2/c1-15(27)24-20-13-18(7-8-19(20)22)25-21(28)23-10-12-26-11-9-17(14-26)16-5-3-2-4-6-16/h2-8,13,17H,9-12,14H2,1H3,(H,24,27)(H2,23,25,28)/t17-/m1/s1. The van der Waals surface area contributed by atoms with Crippen LogP contribution in [-0.2, 0) is 4.79 Å². The van der Waals surface area contributed by atoms with E-state index in [1.165, 1.54) is 30.7 Å². The first-order valence-electron chi connectivity index (χ1n) is 9.40. The molecule has 1 aliphatic rings. The summed E-state index contributed by atoms with van der Waals surface area (Å²) in [5.74, 6) is -0.385. The van der Waals surface area contributed by atoms with Crippen LogP contribution in [0.1, 0.15) is 24.8 Å². The number of anilines is 2. The molecule has 1 saturated heterocycles. The highest BCUT2D eigenvalue weighted by molar-refractivity contribution is 5.92. The van der Waals surface area contributed by atoms with Gasteiger partial charge in [0.15, 0.2) is 0 Å². The molecule has 148 valence electrons. The molecule has 0 spiro atoms. The molecule has 1 atom stereocenters. The van der Waals surface area contributed by atoms with Gasteiger partial charge in [0.1, 0.15) is 5.82 Å². The Morgan fingerprint density at radius 2 is 1.93 bits per heavy atom. The van der Waals surface area contributed by atoms with E-state index in [0.717, 1.165) is 26.1 Å². The van der Waals surface area contributed by atoms with E-state index in [-0.39, 0.29) is 17.6 Å². The lowest BCUT2D eigenvalue weighted by molar-refractivity contribution is -0.114. The lowest BCUT2D eigenvalue weighted by Gasteiger charge is -2.17. The molecule has 0 radical (unpaired) electrons. The normalized spacial score (nSPS) is 16.6. The molecular formula is C21H25FN4O2. The molecule has 3 rings (SSSR count). The molecule has 2 aromatic carbocycles. The van der Waals surface area contributed by atoms with E-state index in [4.69, 9.17) is 0 Å². The van der Waals surface area contributed by atoms with Crippen LogP contribution in [0.2, 0.25) is 0 Å². The third-order valence-corrected chi connectivity index (χ3v) is 4.79. The third-order valence-electron chi connectivity index (χ3n) is 4.79. The Balaban J connectivity index is 1.42. The van der Waals surface area contributed by atoms with E-state index in [9.17, 15) is 14.0 Å². The van der Waals surface area contributed by atoms with Crippen LogP contribution in [0, 0.1) is 5.82 Å². The second-order valence-corrected chi connectivity index (χ2v) is 6.95. The first-order valence-corrected chi connectivity index (χ1v) is 9.40. The van der Waals surface area contributed by atoms with E-state index < -0.39 is 5.82 Å². The van der Waals surface area contributed by atoms with E-state index in [1.54, 1.807) is 0 Å². The van der Waals surface area contributed by atoms with Crippen LogP contribution in [-0.4, -0.2) is 43.0 Å². The maximum absolute atomic E-state index is 13.6. The van der Waals surface area contributed by atoms with E-state index in [2.05, 4.69) is 45.1 Å². The first kappa shape index (κ1) is 19.8. The average molecular weight is 384 g/mol. The number of amides is 3. The largest absolute Gasteiger partial charge is 0.337 e. The van der Waals surface area contributed by atoms with E-state index >= 15 is 0 Å². The van der Waals surface area contributed by atoms with Crippen molar-refractivity contribution in [2.45, 2.75) is 19.3 Å². The molecule has 2 aromatic rings. The Morgan fingerprint density at radius 1 is 1.14 bits per heavy atom. The number of carbonyl (C=O) groups excluding carboxylic acids is 2. The number of nitrogens with zero attached hydrogens (tertiary/aromatic N) is 1. The minimum absolute atomic E-state index is 0.0364.